The van der Waals surface area contributed by atoms with Crippen molar-refractivity contribution in [3.8, 4) is 11.5 Å². The van der Waals surface area contributed by atoms with E-state index in [1.165, 1.54) is 18.4 Å². The molecule has 0 saturated heterocycles. The van der Waals surface area contributed by atoms with Crippen molar-refractivity contribution < 1.29 is 14.5 Å². The molecule has 0 aliphatic carbocycles. The summed E-state index contributed by atoms with van der Waals surface area (Å²) in [6.45, 7) is 1.31. The van der Waals surface area contributed by atoms with E-state index in [0.717, 1.165) is 43.6 Å². The highest BCUT2D eigenvalue weighted by atomic mass is 16.7. The van der Waals surface area contributed by atoms with Crippen molar-refractivity contribution >= 4 is 18.4 Å². The van der Waals surface area contributed by atoms with Crippen molar-refractivity contribution in [3.05, 3.63) is 24.4 Å². The number of unbranched alkanes of at least 4 members (excludes halogenated alkanes) is 2. The summed E-state index contributed by atoms with van der Waals surface area (Å²) in [5.74, 6) is 1.67. The first-order chi connectivity index (χ1) is 9.38. The van der Waals surface area contributed by atoms with Gasteiger partial charge in [-0.25, -0.2) is 0 Å². The molecular formula is C14H17BNO3. The molecule has 1 radical (unpaired) electrons. The Morgan fingerprint density at radius 3 is 2.84 bits per heavy atom. The van der Waals surface area contributed by atoms with Crippen molar-refractivity contribution in [2.45, 2.75) is 32.1 Å². The minimum Gasteiger partial charge on any atom is -0.454 e. The van der Waals surface area contributed by atoms with Gasteiger partial charge in [-0.1, -0.05) is 19.2 Å². The lowest BCUT2D eigenvalue weighted by Gasteiger charge is -2.06. The molecule has 99 valence electrons. The molecule has 2 aromatic rings. The van der Waals surface area contributed by atoms with Crippen LogP contribution in [0.2, 0.25) is 6.32 Å². The number of benzene rings is 1. The summed E-state index contributed by atoms with van der Waals surface area (Å²) in [4.78, 5) is 0. The molecule has 3 rings (SSSR count). The maximum atomic E-state index is 8.62. The molecule has 1 aliphatic heterocycles. The van der Waals surface area contributed by atoms with E-state index in [1.807, 2.05) is 6.07 Å². The van der Waals surface area contributed by atoms with Crippen molar-refractivity contribution in [2.75, 3.05) is 6.79 Å². The van der Waals surface area contributed by atoms with E-state index in [-0.39, 0.29) is 0 Å². The second-order valence-corrected chi connectivity index (χ2v) is 4.81. The van der Waals surface area contributed by atoms with Gasteiger partial charge in [0.15, 0.2) is 11.5 Å². The van der Waals surface area contributed by atoms with Crippen molar-refractivity contribution in [3.63, 3.8) is 0 Å². The molecule has 0 bridgehead atoms. The zero-order chi connectivity index (χ0) is 13.1. The van der Waals surface area contributed by atoms with Crippen LogP contribution in [-0.4, -0.2) is 23.9 Å². The predicted octanol–water partition coefficient (Wildman–Crippen LogP) is 2.57. The summed E-state index contributed by atoms with van der Waals surface area (Å²) >= 11 is 0. The van der Waals surface area contributed by atoms with Crippen LogP contribution < -0.4 is 9.47 Å². The lowest BCUT2D eigenvalue weighted by Crippen LogP contribution is -1.96. The third-order valence-corrected chi connectivity index (χ3v) is 3.50. The first-order valence-corrected chi connectivity index (χ1v) is 6.73. The Bertz CT molecular complexity index is 567. The van der Waals surface area contributed by atoms with Gasteiger partial charge in [0, 0.05) is 24.2 Å². The van der Waals surface area contributed by atoms with Crippen LogP contribution in [0.3, 0.4) is 0 Å². The molecule has 5 heteroatoms. The average Bonchev–Trinajstić information content (AvgIpc) is 3.02. The van der Waals surface area contributed by atoms with E-state index in [1.54, 1.807) is 0 Å². The average molecular weight is 258 g/mol. The van der Waals surface area contributed by atoms with Crippen LogP contribution in [0.5, 0.6) is 11.5 Å². The third-order valence-electron chi connectivity index (χ3n) is 3.50. The summed E-state index contributed by atoms with van der Waals surface area (Å²) in [7, 11) is 1.24. The number of ether oxygens (including phenoxy) is 2. The van der Waals surface area contributed by atoms with E-state index in [2.05, 4.69) is 22.9 Å². The Morgan fingerprint density at radius 2 is 2.00 bits per heavy atom. The number of fused-ring (bicyclic) bond motifs is 2. The van der Waals surface area contributed by atoms with Gasteiger partial charge >= 0.3 is 0 Å². The first-order valence-electron chi connectivity index (χ1n) is 6.73. The highest BCUT2D eigenvalue weighted by molar-refractivity contribution is 6.25. The minimum atomic E-state index is 0.319. The summed E-state index contributed by atoms with van der Waals surface area (Å²) in [5.41, 5.74) is 1.19. The fraction of sp³-hybridized carbons (Fsp3) is 0.429. The van der Waals surface area contributed by atoms with Crippen LogP contribution in [0.15, 0.2) is 24.4 Å². The van der Waals surface area contributed by atoms with E-state index < -0.39 is 0 Å². The SMILES string of the molecule is O[B]CCCCCn1ccc2cc3c(cc21)OCO3. The van der Waals surface area contributed by atoms with Gasteiger partial charge in [0.05, 0.1) is 5.52 Å². The molecular weight excluding hydrogens is 241 g/mol. The zero-order valence-electron chi connectivity index (χ0n) is 10.8. The standard InChI is InChI=1S/C14H17BNO3/c17-15-5-2-1-3-6-16-7-4-11-8-13-14(9-12(11)16)19-10-18-13/h4,7-9,17H,1-3,5-6,10H2. The maximum Gasteiger partial charge on any atom is 0.287 e. The topological polar surface area (TPSA) is 43.6 Å². The Labute approximate surface area is 113 Å². The van der Waals surface area contributed by atoms with Crippen LogP contribution in [0.25, 0.3) is 10.9 Å². The molecule has 19 heavy (non-hydrogen) atoms. The summed E-state index contributed by atoms with van der Waals surface area (Å²) in [5, 5.41) is 9.81. The second kappa shape index (κ2) is 5.57. The monoisotopic (exact) mass is 258 g/mol. The Kier molecular flexibility index (Phi) is 3.64. The molecule has 0 atom stereocenters. The Balaban J connectivity index is 1.70. The van der Waals surface area contributed by atoms with Gasteiger partial charge in [0.1, 0.15) is 0 Å². The van der Waals surface area contributed by atoms with Crippen molar-refractivity contribution in [1.82, 2.24) is 4.57 Å². The van der Waals surface area contributed by atoms with Crippen LogP contribution in [0.4, 0.5) is 0 Å². The number of rotatable bonds is 6. The van der Waals surface area contributed by atoms with Crippen LogP contribution in [-0.2, 0) is 6.54 Å². The van der Waals surface area contributed by atoms with Gasteiger partial charge in [-0.05, 0) is 18.6 Å². The van der Waals surface area contributed by atoms with E-state index in [0.29, 0.717) is 6.79 Å². The third kappa shape index (κ3) is 2.56. The Morgan fingerprint density at radius 1 is 1.16 bits per heavy atom. The van der Waals surface area contributed by atoms with Crippen LogP contribution in [0.1, 0.15) is 19.3 Å². The quantitative estimate of drug-likeness (QED) is 0.639. The highest BCUT2D eigenvalue weighted by Crippen LogP contribution is 2.36. The fourth-order valence-electron chi connectivity index (χ4n) is 2.47. The number of nitrogens with zero attached hydrogens (tertiary/aromatic N) is 1. The van der Waals surface area contributed by atoms with Crippen molar-refractivity contribution in [2.24, 2.45) is 0 Å². The molecule has 0 spiro atoms. The molecule has 1 aromatic carbocycles. The normalized spacial score (nSPS) is 13.1. The van der Waals surface area contributed by atoms with Gasteiger partial charge in [-0.3, -0.25) is 0 Å². The molecule has 0 unspecified atom stereocenters. The molecule has 2 heterocycles. The molecule has 0 fully saturated rings. The number of hydrogen-bond acceptors (Lipinski definition) is 3. The molecule has 1 N–H and O–H groups in total. The highest BCUT2D eigenvalue weighted by Gasteiger charge is 2.15. The Hall–Kier alpha value is -1.62. The smallest absolute Gasteiger partial charge is 0.287 e. The van der Waals surface area contributed by atoms with Crippen LogP contribution >= 0.6 is 0 Å². The van der Waals surface area contributed by atoms with Gasteiger partial charge in [0.25, 0.3) is 7.48 Å². The predicted molar refractivity (Wildman–Crippen MR) is 74.7 cm³/mol. The lowest BCUT2D eigenvalue weighted by molar-refractivity contribution is 0.174. The van der Waals surface area contributed by atoms with Gasteiger partial charge < -0.3 is 19.1 Å². The van der Waals surface area contributed by atoms with E-state index in [9.17, 15) is 0 Å². The summed E-state index contributed by atoms with van der Waals surface area (Å²) in [6, 6.07) is 6.20. The molecule has 1 aliphatic rings. The van der Waals surface area contributed by atoms with Gasteiger partial charge in [-0.2, -0.15) is 0 Å². The van der Waals surface area contributed by atoms with E-state index >= 15 is 0 Å². The molecule has 0 saturated carbocycles. The largest absolute Gasteiger partial charge is 0.454 e. The van der Waals surface area contributed by atoms with Gasteiger partial charge in [-0.15, -0.1) is 0 Å². The second-order valence-electron chi connectivity index (χ2n) is 4.81. The summed E-state index contributed by atoms with van der Waals surface area (Å²) in [6.07, 6.45) is 6.18. The zero-order valence-corrected chi connectivity index (χ0v) is 10.8. The lowest BCUT2D eigenvalue weighted by atomic mass is 9.92. The number of aromatic nitrogens is 1. The number of hydrogen-bond donors (Lipinski definition) is 1. The number of aryl methyl sites for hydroxylation is 1. The molecule has 1 aromatic heterocycles. The molecule has 4 nitrogen and oxygen atoms in total. The minimum absolute atomic E-state index is 0.319. The van der Waals surface area contributed by atoms with Crippen molar-refractivity contribution in [1.29, 1.82) is 0 Å². The summed E-state index contributed by atoms with van der Waals surface area (Å²) < 4.78 is 13.1. The molecule has 0 amide bonds. The van der Waals surface area contributed by atoms with E-state index in [4.69, 9.17) is 14.5 Å². The fourth-order valence-corrected chi connectivity index (χ4v) is 2.47. The van der Waals surface area contributed by atoms with Gasteiger partial charge in [0.2, 0.25) is 6.79 Å². The maximum absolute atomic E-state index is 8.62. The first kappa shape index (κ1) is 12.4. The van der Waals surface area contributed by atoms with Crippen LogP contribution in [0, 0.1) is 0 Å².